The summed E-state index contributed by atoms with van der Waals surface area (Å²) in [5, 5.41) is 3.20. The summed E-state index contributed by atoms with van der Waals surface area (Å²) >= 11 is 0. The lowest BCUT2D eigenvalue weighted by molar-refractivity contribution is 0.112. The molecule has 1 heterocycles. The first-order valence-corrected chi connectivity index (χ1v) is 6.50. The maximum atomic E-state index is 5.61. The number of nitrogens with zero attached hydrogens (tertiary/aromatic N) is 1. The van der Waals surface area contributed by atoms with Gasteiger partial charge in [0.25, 0.3) is 0 Å². The second-order valence-electron chi connectivity index (χ2n) is 4.63. The number of nitrogens with one attached hydrogen (secondary N) is 1. The normalized spacial score (nSPS) is 10.8. The molecule has 17 heavy (non-hydrogen) atoms. The second kappa shape index (κ2) is 8.07. The van der Waals surface area contributed by atoms with E-state index in [1.54, 1.807) is 0 Å². The predicted molar refractivity (Wildman–Crippen MR) is 72.1 cm³/mol. The molecule has 96 valence electrons. The highest BCUT2D eigenvalue weighted by molar-refractivity contribution is 5.34. The van der Waals surface area contributed by atoms with Crippen molar-refractivity contribution in [3.8, 4) is 0 Å². The summed E-state index contributed by atoms with van der Waals surface area (Å²) in [4.78, 5) is 4.46. The Kier molecular flexibility index (Phi) is 6.63. The van der Waals surface area contributed by atoms with E-state index in [4.69, 9.17) is 4.74 Å². The van der Waals surface area contributed by atoms with Gasteiger partial charge in [0.15, 0.2) is 0 Å². The van der Waals surface area contributed by atoms with Crippen LogP contribution in [0.15, 0.2) is 18.2 Å². The quantitative estimate of drug-likeness (QED) is 0.702. The van der Waals surface area contributed by atoms with Gasteiger partial charge in [-0.05, 0) is 37.8 Å². The van der Waals surface area contributed by atoms with Crippen molar-refractivity contribution in [3.63, 3.8) is 0 Å². The van der Waals surface area contributed by atoms with Crippen molar-refractivity contribution in [2.75, 3.05) is 18.5 Å². The van der Waals surface area contributed by atoms with Crippen LogP contribution in [0.2, 0.25) is 0 Å². The fraction of sp³-hybridized carbons (Fsp3) is 0.643. The molecule has 0 radical (unpaired) electrons. The van der Waals surface area contributed by atoms with Gasteiger partial charge in [0.1, 0.15) is 5.82 Å². The fourth-order valence-electron chi connectivity index (χ4n) is 1.61. The molecule has 1 aromatic rings. The maximum absolute atomic E-state index is 5.61. The predicted octanol–water partition coefficient (Wildman–Crippen LogP) is 3.47. The average Bonchev–Trinajstić information content (AvgIpc) is 2.29. The van der Waals surface area contributed by atoms with E-state index in [0.717, 1.165) is 37.0 Å². The molecular weight excluding hydrogens is 212 g/mol. The van der Waals surface area contributed by atoms with E-state index in [2.05, 4.69) is 31.1 Å². The Hall–Kier alpha value is -1.09. The fourth-order valence-corrected chi connectivity index (χ4v) is 1.61. The third kappa shape index (κ3) is 6.27. The zero-order valence-electron chi connectivity index (χ0n) is 11.2. The van der Waals surface area contributed by atoms with Crippen LogP contribution in [0.1, 0.15) is 39.3 Å². The van der Waals surface area contributed by atoms with Crippen molar-refractivity contribution in [1.82, 2.24) is 4.98 Å². The van der Waals surface area contributed by atoms with Crippen molar-refractivity contribution in [3.05, 3.63) is 23.9 Å². The van der Waals surface area contributed by atoms with E-state index in [9.17, 15) is 0 Å². The van der Waals surface area contributed by atoms with Crippen LogP contribution < -0.4 is 5.32 Å². The van der Waals surface area contributed by atoms with E-state index in [1.165, 1.54) is 6.42 Å². The summed E-state index contributed by atoms with van der Waals surface area (Å²) < 4.78 is 5.61. The van der Waals surface area contributed by atoms with Gasteiger partial charge in [-0.2, -0.15) is 0 Å². The summed E-state index contributed by atoms with van der Waals surface area (Å²) in [5.74, 6) is 1.68. The van der Waals surface area contributed by atoms with Crippen molar-refractivity contribution in [1.29, 1.82) is 0 Å². The van der Waals surface area contributed by atoms with Crippen LogP contribution in [0.3, 0.4) is 0 Å². The molecule has 0 aliphatic carbocycles. The molecule has 0 saturated carbocycles. The summed E-state index contributed by atoms with van der Waals surface area (Å²) in [7, 11) is 0. The van der Waals surface area contributed by atoms with Crippen molar-refractivity contribution in [2.45, 2.75) is 40.2 Å². The summed E-state index contributed by atoms with van der Waals surface area (Å²) in [6, 6.07) is 5.99. The molecule has 0 atom stereocenters. The Balaban J connectivity index is 2.24. The minimum Gasteiger partial charge on any atom is -0.375 e. The lowest BCUT2D eigenvalue weighted by Gasteiger charge is -2.07. The summed E-state index contributed by atoms with van der Waals surface area (Å²) in [6.45, 7) is 8.87. The van der Waals surface area contributed by atoms with E-state index in [1.807, 2.05) is 18.2 Å². The van der Waals surface area contributed by atoms with Crippen molar-refractivity contribution < 1.29 is 4.74 Å². The number of ether oxygens (including phenoxy) is 1. The molecule has 3 nitrogen and oxygen atoms in total. The van der Waals surface area contributed by atoms with E-state index in [0.29, 0.717) is 6.61 Å². The second-order valence-corrected chi connectivity index (χ2v) is 4.63. The third-order valence-corrected chi connectivity index (χ3v) is 2.48. The molecule has 0 saturated heterocycles. The van der Waals surface area contributed by atoms with Gasteiger partial charge in [0.05, 0.1) is 12.3 Å². The van der Waals surface area contributed by atoms with Gasteiger partial charge >= 0.3 is 0 Å². The third-order valence-electron chi connectivity index (χ3n) is 2.48. The molecule has 0 bridgehead atoms. The minimum atomic E-state index is 0.608. The molecular formula is C14H24N2O. The first-order chi connectivity index (χ1) is 8.22. The molecule has 0 aromatic carbocycles. The van der Waals surface area contributed by atoms with Crippen LogP contribution in [-0.2, 0) is 11.3 Å². The zero-order chi connectivity index (χ0) is 12.5. The summed E-state index contributed by atoms with van der Waals surface area (Å²) in [6.07, 6.45) is 2.36. The van der Waals surface area contributed by atoms with Crippen LogP contribution in [0, 0.1) is 5.92 Å². The smallest absolute Gasteiger partial charge is 0.126 e. The van der Waals surface area contributed by atoms with Gasteiger partial charge in [0.2, 0.25) is 0 Å². The van der Waals surface area contributed by atoms with Crippen molar-refractivity contribution in [2.24, 2.45) is 5.92 Å². The molecule has 0 fully saturated rings. The van der Waals surface area contributed by atoms with Crippen LogP contribution in [0.25, 0.3) is 0 Å². The Labute approximate surface area is 105 Å². The largest absolute Gasteiger partial charge is 0.375 e. The lowest BCUT2D eigenvalue weighted by atomic mass is 10.1. The average molecular weight is 236 g/mol. The van der Waals surface area contributed by atoms with Crippen LogP contribution in [-0.4, -0.2) is 18.1 Å². The highest BCUT2D eigenvalue weighted by Crippen LogP contribution is 2.07. The van der Waals surface area contributed by atoms with Crippen LogP contribution in [0.4, 0.5) is 5.82 Å². The Bertz CT molecular complexity index is 313. The Morgan fingerprint density at radius 1 is 1.35 bits per heavy atom. The van der Waals surface area contributed by atoms with Crippen LogP contribution >= 0.6 is 0 Å². The highest BCUT2D eigenvalue weighted by Gasteiger charge is 1.98. The number of rotatable bonds is 8. The molecule has 1 N–H and O–H groups in total. The summed E-state index contributed by atoms with van der Waals surface area (Å²) in [5.41, 5.74) is 0.994. The van der Waals surface area contributed by atoms with E-state index < -0.39 is 0 Å². The van der Waals surface area contributed by atoms with E-state index in [-0.39, 0.29) is 0 Å². The molecule has 0 aliphatic heterocycles. The van der Waals surface area contributed by atoms with Gasteiger partial charge in [-0.1, -0.05) is 19.9 Å². The molecule has 0 aliphatic rings. The van der Waals surface area contributed by atoms with Gasteiger partial charge in [-0.25, -0.2) is 4.98 Å². The van der Waals surface area contributed by atoms with Gasteiger partial charge in [-0.15, -0.1) is 0 Å². The molecule has 0 amide bonds. The Morgan fingerprint density at radius 3 is 2.88 bits per heavy atom. The number of hydrogen-bond donors (Lipinski definition) is 1. The molecule has 3 heteroatoms. The van der Waals surface area contributed by atoms with Gasteiger partial charge < -0.3 is 10.1 Å². The highest BCUT2D eigenvalue weighted by atomic mass is 16.5. The first kappa shape index (κ1) is 14.0. The first-order valence-electron chi connectivity index (χ1n) is 6.50. The van der Waals surface area contributed by atoms with Gasteiger partial charge in [-0.3, -0.25) is 0 Å². The standard InChI is InChI=1S/C14H24N2O/c1-4-15-14-9-5-8-13(16-14)11-17-10-6-7-12(2)3/h5,8-9,12H,4,6-7,10-11H2,1-3H3,(H,15,16). The van der Waals surface area contributed by atoms with E-state index >= 15 is 0 Å². The maximum Gasteiger partial charge on any atom is 0.126 e. The molecule has 0 spiro atoms. The molecule has 1 aromatic heterocycles. The van der Waals surface area contributed by atoms with Crippen molar-refractivity contribution >= 4 is 5.82 Å². The lowest BCUT2D eigenvalue weighted by Crippen LogP contribution is -2.03. The number of pyridine rings is 1. The molecule has 1 rings (SSSR count). The Morgan fingerprint density at radius 2 is 2.18 bits per heavy atom. The van der Waals surface area contributed by atoms with Crippen LogP contribution in [0.5, 0.6) is 0 Å². The topological polar surface area (TPSA) is 34.1 Å². The number of aromatic nitrogens is 1. The minimum absolute atomic E-state index is 0.608. The van der Waals surface area contributed by atoms with Gasteiger partial charge in [0, 0.05) is 13.2 Å². The number of anilines is 1. The number of hydrogen-bond acceptors (Lipinski definition) is 3. The SMILES string of the molecule is CCNc1cccc(COCCCC(C)C)n1. The monoisotopic (exact) mass is 236 g/mol. The molecule has 0 unspecified atom stereocenters. The zero-order valence-corrected chi connectivity index (χ0v) is 11.2.